The minimum absolute atomic E-state index is 0.00221. The van der Waals surface area contributed by atoms with E-state index in [9.17, 15) is 8.42 Å². The van der Waals surface area contributed by atoms with Crippen molar-refractivity contribution in [3.8, 4) is 5.75 Å². The SMILES string of the molecule is CCS(=O)(=O)Nc1cccc(N(c2ccc(OC)cc2)C(OCC2CC2)c2cccnc2)c1. The molecule has 1 unspecified atom stereocenters. The lowest BCUT2D eigenvalue weighted by atomic mass is 10.1. The molecule has 4 rings (SSSR count). The molecule has 2 aromatic carbocycles. The summed E-state index contributed by atoms with van der Waals surface area (Å²) in [5.74, 6) is 1.33. The summed E-state index contributed by atoms with van der Waals surface area (Å²) >= 11 is 0. The molecule has 8 heteroatoms. The highest BCUT2D eigenvalue weighted by atomic mass is 32.2. The molecular formula is C25H29N3O4S. The molecule has 1 aromatic heterocycles. The van der Waals surface area contributed by atoms with Gasteiger partial charge in [-0.15, -0.1) is 0 Å². The van der Waals surface area contributed by atoms with Crippen molar-refractivity contribution in [3.05, 3.63) is 78.6 Å². The van der Waals surface area contributed by atoms with Gasteiger partial charge in [-0.2, -0.15) is 0 Å². The van der Waals surface area contributed by atoms with Gasteiger partial charge in [0.25, 0.3) is 0 Å². The number of hydrogen-bond donors (Lipinski definition) is 1. The molecule has 0 radical (unpaired) electrons. The summed E-state index contributed by atoms with van der Waals surface area (Å²) in [4.78, 5) is 6.36. The Balaban J connectivity index is 1.78. The van der Waals surface area contributed by atoms with Crippen molar-refractivity contribution in [3.63, 3.8) is 0 Å². The van der Waals surface area contributed by atoms with E-state index >= 15 is 0 Å². The molecule has 7 nitrogen and oxygen atoms in total. The van der Waals surface area contributed by atoms with Gasteiger partial charge in [-0.1, -0.05) is 12.1 Å². The number of nitrogens with zero attached hydrogens (tertiary/aromatic N) is 2. The van der Waals surface area contributed by atoms with Crippen molar-refractivity contribution in [2.24, 2.45) is 5.92 Å². The number of benzene rings is 2. The van der Waals surface area contributed by atoms with Crippen LogP contribution in [0.2, 0.25) is 0 Å². The number of anilines is 3. The van der Waals surface area contributed by atoms with Crippen molar-refractivity contribution < 1.29 is 17.9 Å². The van der Waals surface area contributed by atoms with Crippen LogP contribution in [0.5, 0.6) is 5.75 Å². The third-order valence-corrected chi connectivity index (χ3v) is 6.83. The number of rotatable bonds is 11. The molecule has 0 amide bonds. The molecule has 3 aromatic rings. The van der Waals surface area contributed by atoms with Crippen molar-refractivity contribution in [2.75, 3.05) is 29.1 Å². The second-order valence-corrected chi connectivity index (χ2v) is 10.1. The topological polar surface area (TPSA) is 80.8 Å². The molecule has 1 fully saturated rings. The Kier molecular flexibility index (Phi) is 7.15. The van der Waals surface area contributed by atoms with Gasteiger partial charge in [0.05, 0.1) is 25.2 Å². The zero-order chi connectivity index (χ0) is 23.3. The summed E-state index contributed by atoms with van der Waals surface area (Å²) in [6.45, 7) is 2.26. The number of methoxy groups -OCH3 is 1. The second kappa shape index (κ2) is 10.2. The minimum atomic E-state index is -3.40. The van der Waals surface area contributed by atoms with Crippen LogP contribution in [0.1, 0.15) is 31.6 Å². The Morgan fingerprint density at radius 2 is 1.88 bits per heavy atom. The van der Waals surface area contributed by atoms with Crippen LogP contribution in [-0.2, 0) is 14.8 Å². The molecular weight excluding hydrogens is 438 g/mol. The highest BCUT2D eigenvalue weighted by Gasteiger charge is 2.28. The molecule has 0 spiro atoms. The van der Waals surface area contributed by atoms with E-state index in [1.165, 1.54) is 12.8 Å². The highest BCUT2D eigenvalue weighted by molar-refractivity contribution is 7.92. The van der Waals surface area contributed by atoms with E-state index in [2.05, 4.69) is 14.6 Å². The maximum atomic E-state index is 12.2. The summed E-state index contributed by atoms with van der Waals surface area (Å²) in [6, 6.07) is 18.9. The number of hydrogen-bond acceptors (Lipinski definition) is 6. The minimum Gasteiger partial charge on any atom is -0.497 e. The number of sulfonamides is 1. The van der Waals surface area contributed by atoms with Crippen LogP contribution in [0.4, 0.5) is 17.1 Å². The van der Waals surface area contributed by atoms with Gasteiger partial charge in [0.15, 0.2) is 6.23 Å². The zero-order valence-electron chi connectivity index (χ0n) is 18.8. The van der Waals surface area contributed by atoms with Gasteiger partial charge in [0.1, 0.15) is 5.75 Å². The van der Waals surface area contributed by atoms with Crippen LogP contribution in [0, 0.1) is 5.92 Å². The first-order valence-corrected chi connectivity index (χ1v) is 12.7. The molecule has 1 atom stereocenters. The molecule has 1 aliphatic carbocycles. The highest BCUT2D eigenvalue weighted by Crippen LogP contribution is 2.39. The Hall–Kier alpha value is -3.10. The smallest absolute Gasteiger partial charge is 0.232 e. The summed E-state index contributed by atoms with van der Waals surface area (Å²) in [7, 11) is -1.77. The summed E-state index contributed by atoms with van der Waals surface area (Å²) in [6.07, 6.45) is 5.45. The van der Waals surface area contributed by atoms with Crippen molar-refractivity contribution in [1.29, 1.82) is 0 Å². The monoisotopic (exact) mass is 467 g/mol. The van der Waals surface area contributed by atoms with E-state index < -0.39 is 16.3 Å². The zero-order valence-corrected chi connectivity index (χ0v) is 19.7. The third-order valence-electron chi connectivity index (χ3n) is 5.52. The van der Waals surface area contributed by atoms with Crippen molar-refractivity contribution in [1.82, 2.24) is 4.98 Å². The van der Waals surface area contributed by atoms with E-state index in [0.29, 0.717) is 18.2 Å². The summed E-state index contributed by atoms with van der Waals surface area (Å²) in [5.41, 5.74) is 3.09. The van der Waals surface area contributed by atoms with E-state index in [4.69, 9.17) is 9.47 Å². The first-order valence-electron chi connectivity index (χ1n) is 11.0. The van der Waals surface area contributed by atoms with E-state index in [-0.39, 0.29) is 5.75 Å². The van der Waals surface area contributed by atoms with Gasteiger partial charge in [0.2, 0.25) is 10.0 Å². The first-order chi connectivity index (χ1) is 16.0. The fraction of sp³-hybridized carbons (Fsp3) is 0.320. The average molecular weight is 468 g/mol. The number of aromatic nitrogens is 1. The Morgan fingerprint density at radius 1 is 1.09 bits per heavy atom. The average Bonchev–Trinajstić information content (AvgIpc) is 3.67. The summed E-state index contributed by atoms with van der Waals surface area (Å²) in [5, 5.41) is 0. The van der Waals surface area contributed by atoms with Gasteiger partial charge >= 0.3 is 0 Å². The van der Waals surface area contributed by atoms with Crippen LogP contribution in [0.3, 0.4) is 0 Å². The predicted octanol–water partition coefficient (Wildman–Crippen LogP) is 5.12. The quantitative estimate of drug-likeness (QED) is 0.395. The van der Waals surface area contributed by atoms with Crippen LogP contribution in [0.15, 0.2) is 73.1 Å². The molecule has 0 bridgehead atoms. The second-order valence-electron chi connectivity index (χ2n) is 8.04. The fourth-order valence-corrected chi connectivity index (χ4v) is 4.12. The molecule has 174 valence electrons. The van der Waals surface area contributed by atoms with Crippen LogP contribution in [-0.4, -0.2) is 32.9 Å². The molecule has 0 saturated heterocycles. The van der Waals surface area contributed by atoms with Gasteiger partial charge in [-0.05, 0) is 74.2 Å². The fourth-order valence-electron chi connectivity index (χ4n) is 3.49. The van der Waals surface area contributed by atoms with Crippen LogP contribution >= 0.6 is 0 Å². The molecule has 0 aliphatic heterocycles. The number of pyridine rings is 1. The normalized spacial score (nSPS) is 14.5. The Bertz CT molecular complexity index is 1150. The van der Waals surface area contributed by atoms with E-state index in [0.717, 1.165) is 22.7 Å². The molecule has 33 heavy (non-hydrogen) atoms. The molecule has 1 N–H and O–H groups in total. The van der Waals surface area contributed by atoms with E-state index in [1.807, 2.05) is 54.6 Å². The summed E-state index contributed by atoms with van der Waals surface area (Å²) < 4.78 is 38.8. The lowest BCUT2D eigenvalue weighted by Crippen LogP contribution is -2.27. The Labute approximate surface area is 195 Å². The first kappa shape index (κ1) is 23.1. The lowest BCUT2D eigenvalue weighted by Gasteiger charge is -2.34. The van der Waals surface area contributed by atoms with Crippen molar-refractivity contribution in [2.45, 2.75) is 26.0 Å². The predicted molar refractivity (Wildman–Crippen MR) is 130 cm³/mol. The van der Waals surface area contributed by atoms with Crippen molar-refractivity contribution >= 4 is 27.1 Å². The van der Waals surface area contributed by atoms with Gasteiger partial charge in [0, 0.05) is 29.3 Å². The van der Waals surface area contributed by atoms with Gasteiger partial charge < -0.3 is 14.4 Å². The molecule has 1 saturated carbocycles. The largest absolute Gasteiger partial charge is 0.497 e. The maximum absolute atomic E-state index is 12.2. The van der Waals surface area contributed by atoms with E-state index in [1.54, 1.807) is 32.5 Å². The number of nitrogens with one attached hydrogen (secondary N) is 1. The lowest BCUT2D eigenvalue weighted by molar-refractivity contribution is 0.0494. The van der Waals surface area contributed by atoms with Crippen LogP contribution < -0.4 is 14.4 Å². The number of ether oxygens (including phenoxy) is 2. The van der Waals surface area contributed by atoms with Gasteiger partial charge in [-0.3, -0.25) is 9.71 Å². The molecule has 1 aliphatic rings. The Morgan fingerprint density at radius 3 is 2.52 bits per heavy atom. The third kappa shape index (κ3) is 6.03. The standard InChI is InChI=1S/C25H29N3O4S/c1-3-33(29,30)27-21-7-4-8-23(16-21)28(22-11-13-24(31-2)14-12-22)25(32-18-19-9-10-19)20-6-5-15-26-17-20/h4-8,11-17,19,25,27H,3,9-10,18H2,1-2H3. The van der Waals surface area contributed by atoms with Gasteiger partial charge in [-0.25, -0.2) is 8.42 Å². The molecule has 1 heterocycles. The van der Waals surface area contributed by atoms with Crippen LogP contribution in [0.25, 0.3) is 0 Å². The maximum Gasteiger partial charge on any atom is 0.232 e.